The van der Waals surface area contributed by atoms with Gasteiger partial charge in [0.05, 0.1) is 0 Å². The van der Waals surface area contributed by atoms with E-state index in [1.54, 1.807) is 24.4 Å². The minimum absolute atomic E-state index is 0.0392. The molecular formula is C17H17NO4. The van der Waals surface area contributed by atoms with Crippen molar-refractivity contribution < 1.29 is 19.4 Å². The van der Waals surface area contributed by atoms with Gasteiger partial charge >= 0.3 is 6.16 Å². The SMILES string of the molecule is CC1(C)CC(c2ccccn2)c2cc(OC(=O)O)ccc2O1. The Morgan fingerprint density at radius 1 is 1.36 bits per heavy atom. The third-order valence-corrected chi connectivity index (χ3v) is 3.69. The number of carbonyl (C=O) groups is 1. The van der Waals surface area contributed by atoms with Crippen LogP contribution in [0.4, 0.5) is 4.79 Å². The Labute approximate surface area is 128 Å². The van der Waals surface area contributed by atoms with Crippen LogP contribution in [-0.4, -0.2) is 21.8 Å². The maximum absolute atomic E-state index is 10.7. The lowest BCUT2D eigenvalue weighted by Gasteiger charge is -2.37. The molecule has 1 aliphatic heterocycles. The van der Waals surface area contributed by atoms with Crippen molar-refractivity contribution in [3.63, 3.8) is 0 Å². The van der Waals surface area contributed by atoms with Crippen molar-refractivity contribution in [1.82, 2.24) is 4.98 Å². The van der Waals surface area contributed by atoms with Gasteiger partial charge in [-0.1, -0.05) is 6.07 Å². The van der Waals surface area contributed by atoms with E-state index in [9.17, 15) is 4.79 Å². The molecule has 1 atom stereocenters. The molecule has 5 nitrogen and oxygen atoms in total. The van der Waals surface area contributed by atoms with Crippen LogP contribution in [0.1, 0.15) is 37.4 Å². The summed E-state index contributed by atoms with van der Waals surface area (Å²) in [4.78, 5) is 15.2. The maximum atomic E-state index is 10.7. The smallest absolute Gasteiger partial charge is 0.488 e. The number of pyridine rings is 1. The van der Waals surface area contributed by atoms with Gasteiger partial charge in [-0.25, -0.2) is 4.79 Å². The Balaban J connectivity index is 2.06. The highest BCUT2D eigenvalue weighted by Crippen LogP contribution is 2.44. The zero-order valence-corrected chi connectivity index (χ0v) is 12.4. The van der Waals surface area contributed by atoms with E-state index in [0.29, 0.717) is 0 Å². The monoisotopic (exact) mass is 299 g/mol. The predicted molar refractivity (Wildman–Crippen MR) is 80.5 cm³/mol. The first-order valence-corrected chi connectivity index (χ1v) is 7.09. The van der Waals surface area contributed by atoms with Crippen LogP contribution in [0, 0.1) is 0 Å². The third-order valence-electron chi connectivity index (χ3n) is 3.69. The number of aromatic nitrogens is 1. The topological polar surface area (TPSA) is 68.7 Å². The summed E-state index contributed by atoms with van der Waals surface area (Å²) in [5, 5.41) is 8.77. The molecule has 22 heavy (non-hydrogen) atoms. The average molecular weight is 299 g/mol. The van der Waals surface area contributed by atoms with Crippen molar-refractivity contribution in [1.29, 1.82) is 0 Å². The Morgan fingerprint density at radius 2 is 2.18 bits per heavy atom. The first kappa shape index (κ1) is 14.4. The normalized spacial score (nSPS) is 18.9. The molecule has 0 bridgehead atoms. The Hall–Kier alpha value is -2.56. The molecule has 0 spiro atoms. The Morgan fingerprint density at radius 3 is 2.86 bits per heavy atom. The van der Waals surface area contributed by atoms with E-state index >= 15 is 0 Å². The molecule has 0 amide bonds. The van der Waals surface area contributed by atoms with Crippen LogP contribution in [0.5, 0.6) is 11.5 Å². The van der Waals surface area contributed by atoms with Crippen molar-refractivity contribution in [3.8, 4) is 11.5 Å². The molecule has 1 aromatic heterocycles. The largest absolute Gasteiger partial charge is 0.511 e. The standard InChI is InChI=1S/C17H17NO4/c1-17(2)10-13(14-5-3-4-8-18-14)12-9-11(21-16(19)20)6-7-15(12)22-17/h3-9,13H,10H2,1-2H3,(H,19,20). The zero-order valence-electron chi connectivity index (χ0n) is 12.4. The van der Waals surface area contributed by atoms with Crippen molar-refractivity contribution in [2.75, 3.05) is 0 Å². The van der Waals surface area contributed by atoms with Gasteiger partial charge in [0.25, 0.3) is 0 Å². The van der Waals surface area contributed by atoms with Crippen LogP contribution < -0.4 is 9.47 Å². The number of fused-ring (bicyclic) bond motifs is 1. The van der Waals surface area contributed by atoms with E-state index in [4.69, 9.17) is 14.6 Å². The van der Waals surface area contributed by atoms with Gasteiger partial charge in [-0.05, 0) is 50.6 Å². The predicted octanol–water partition coefficient (Wildman–Crippen LogP) is 3.83. The van der Waals surface area contributed by atoms with E-state index in [1.165, 1.54) is 0 Å². The summed E-state index contributed by atoms with van der Waals surface area (Å²) in [6, 6.07) is 10.9. The summed E-state index contributed by atoms with van der Waals surface area (Å²) in [5.74, 6) is 1.07. The fourth-order valence-electron chi connectivity index (χ4n) is 2.84. The fourth-order valence-corrected chi connectivity index (χ4v) is 2.84. The highest BCUT2D eigenvalue weighted by molar-refractivity contribution is 5.62. The number of carboxylic acid groups (broad SMARTS) is 1. The highest BCUT2D eigenvalue weighted by atomic mass is 16.7. The minimum Gasteiger partial charge on any atom is -0.488 e. The molecule has 2 heterocycles. The number of benzene rings is 1. The van der Waals surface area contributed by atoms with E-state index in [-0.39, 0.29) is 17.3 Å². The molecule has 0 radical (unpaired) electrons. The number of nitrogens with zero attached hydrogens (tertiary/aromatic N) is 1. The second kappa shape index (κ2) is 5.33. The summed E-state index contributed by atoms with van der Waals surface area (Å²) in [7, 11) is 0. The van der Waals surface area contributed by atoms with Gasteiger partial charge in [-0.15, -0.1) is 0 Å². The Kier molecular flexibility index (Phi) is 3.48. The lowest BCUT2D eigenvalue weighted by Crippen LogP contribution is -2.35. The van der Waals surface area contributed by atoms with Crippen LogP contribution >= 0.6 is 0 Å². The quantitative estimate of drug-likeness (QED) is 0.674. The van der Waals surface area contributed by atoms with Gasteiger partial charge in [-0.3, -0.25) is 4.98 Å². The summed E-state index contributed by atoms with van der Waals surface area (Å²) in [6.45, 7) is 4.07. The minimum atomic E-state index is -1.33. The molecule has 5 heteroatoms. The van der Waals surface area contributed by atoms with Gasteiger partial charge in [0, 0.05) is 23.4 Å². The van der Waals surface area contributed by atoms with Crippen molar-refractivity contribution in [2.45, 2.75) is 31.8 Å². The molecule has 2 aromatic rings. The van der Waals surface area contributed by atoms with Gasteiger partial charge in [0.2, 0.25) is 0 Å². The first-order valence-electron chi connectivity index (χ1n) is 7.09. The van der Waals surface area contributed by atoms with E-state index in [1.807, 2.05) is 32.0 Å². The molecule has 114 valence electrons. The van der Waals surface area contributed by atoms with E-state index < -0.39 is 6.16 Å². The molecule has 0 saturated carbocycles. The molecule has 0 aliphatic carbocycles. The summed E-state index contributed by atoms with van der Waals surface area (Å²) in [5.41, 5.74) is 1.52. The second-order valence-corrected chi connectivity index (χ2v) is 5.94. The number of hydrogen-bond donors (Lipinski definition) is 1. The maximum Gasteiger partial charge on any atom is 0.511 e. The fraction of sp³-hybridized carbons (Fsp3) is 0.294. The molecule has 1 unspecified atom stereocenters. The molecule has 3 rings (SSSR count). The highest BCUT2D eigenvalue weighted by Gasteiger charge is 2.35. The molecule has 1 aromatic carbocycles. The number of ether oxygens (including phenoxy) is 2. The zero-order chi connectivity index (χ0) is 15.7. The summed E-state index contributed by atoms with van der Waals surface area (Å²) >= 11 is 0. The van der Waals surface area contributed by atoms with Crippen molar-refractivity contribution in [3.05, 3.63) is 53.9 Å². The molecule has 1 N–H and O–H groups in total. The van der Waals surface area contributed by atoms with Gasteiger partial charge in [-0.2, -0.15) is 0 Å². The molecule has 0 saturated heterocycles. The second-order valence-electron chi connectivity index (χ2n) is 5.94. The number of rotatable bonds is 2. The molecule has 1 aliphatic rings. The summed E-state index contributed by atoms with van der Waals surface area (Å²) in [6.07, 6.45) is 1.19. The van der Waals surface area contributed by atoms with Crippen LogP contribution in [0.15, 0.2) is 42.6 Å². The van der Waals surface area contributed by atoms with Gasteiger partial charge < -0.3 is 14.6 Å². The summed E-state index contributed by atoms with van der Waals surface area (Å²) < 4.78 is 10.8. The van der Waals surface area contributed by atoms with Crippen molar-refractivity contribution in [2.24, 2.45) is 0 Å². The van der Waals surface area contributed by atoms with Crippen LogP contribution in [0.3, 0.4) is 0 Å². The molecule has 0 fully saturated rings. The van der Waals surface area contributed by atoms with Gasteiger partial charge in [0.1, 0.15) is 17.1 Å². The van der Waals surface area contributed by atoms with Crippen LogP contribution in [0.2, 0.25) is 0 Å². The Bertz CT molecular complexity index is 697. The number of hydrogen-bond acceptors (Lipinski definition) is 4. The van der Waals surface area contributed by atoms with Gasteiger partial charge in [0.15, 0.2) is 0 Å². The molecular weight excluding hydrogens is 282 g/mol. The lowest BCUT2D eigenvalue weighted by atomic mass is 9.82. The van der Waals surface area contributed by atoms with Crippen LogP contribution in [-0.2, 0) is 0 Å². The van der Waals surface area contributed by atoms with Crippen molar-refractivity contribution >= 4 is 6.16 Å². The van der Waals surface area contributed by atoms with Crippen LogP contribution in [0.25, 0.3) is 0 Å². The first-order chi connectivity index (χ1) is 10.4. The van der Waals surface area contributed by atoms with E-state index in [2.05, 4.69) is 4.98 Å². The lowest BCUT2D eigenvalue weighted by molar-refractivity contribution is 0.0765. The third kappa shape index (κ3) is 2.88. The van der Waals surface area contributed by atoms with E-state index in [0.717, 1.165) is 23.4 Å². The average Bonchev–Trinajstić information content (AvgIpc) is 2.46.